The summed E-state index contributed by atoms with van der Waals surface area (Å²) < 4.78 is 4.37. The number of amides is 2. The van der Waals surface area contributed by atoms with Crippen molar-refractivity contribution in [1.29, 1.82) is 0 Å². The summed E-state index contributed by atoms with van der Waals surface area (Å²) in [5.74, 6) is 0.247. The van der Waals surface area contributed by atoms with E-state index in [1.807, 2.05) is 43.3 Å². The topological polar surface area (TPSA) is 65.5 Å². The van der Waals surface area contributed by atoms with Gasteiger partial charge in [0.15, 0.2) is 0 Å². The molecule has 3 rings (SSSR count). The molecule has 0 saturated carbocycles. The van der Waals surface area contributed by atoms with Crippen molar-refractivity contribution in [2.45, 2.75) is 19.4 Å². The van der Waals surface area contributed by atoms with Crippen LogP contribution in [0.3, 0.4) is 0 Å². The van der Waals surface area contributed by atoms with Crippen molar-refractivity contribution in [3.63, 3.8) is 0 Å². The van der Waals surface area contributed by atoms with E-state index in [0.29, 0.717) is 13.1 Å². The number of nitrogens with one attached hydrogen (secondary N) is 1. The molecule has 116 valence electrons. The second kappa shape index (κ2) is 6.46. The molecule has 1 aromatic carbocycles. The molecule has 1 aromatic heterocycles. The van der Waals surface area contributed by atoms with Gasteiger partial charge < -0.3 is 10.0 Å². The monoisotopic (exact) mass is 317 g/mol. The van der Waals surface area contributed by atoms with E-state index in [9.17, 15) is 9.90 Å². The first-order chi connectivity index (χ1) is 10.6. The molecule has 1 saturated heterocycles. The maximum atomic E-state index is 12.2. The van der Waals surface area contributed by atoms with Crippen LogP contribution >= 0.6 is 11.5 Å². The predicted octanol–water partition coefficient (Wildman–Crippen LogP) is 3.04. The smallest absolute Gasteiger partial charge is 0.322 e. The van der Waals surface area contributed by atoms with Crippen molar-refractivity contribution in [2.75, 3.05) is 18.4 Å². The molecule has 6 heteroatoms. The van der Waals surface area contributed by atoms with Crippen LogP contribution in [0.5, 0.6) is 0 Å². The van der Waals surface area contributed by atoms with Gasteiger partial charge in [0.2, 0.25) is 0 Å². The molecule has 22 heavy (non-hydrogen) atoms. The van der Waals surface area contributed by atoms with Crippen molar-refractivity contribution >= 4 is 22.6 Å². The third-order valence-corrected chi connectivity index (χ3v) is 4.72. The molecule has 1 fully saturated rings. The highest BCUT2D eigenvalue weighted by Gasteiger charge is 2.27. The summed E-state index contributed by atoms with van der Waals surface area (Å²) in [6.45, 7) is 3.07. The lowest BCUT2D eigenvalue weighted by atomic mass is 9.96. The number of β-amino-alcohol motifs (C(OH)–C–C–N with tert-alkyl or cyclic N) is 1. The van der Waals surface area contributed by atoms with Crippen molar-refractivity contribution in [1.82, 2.24) is 9.27 Å². The van der Waals surface area contributed by atoms with E-state index >= 15 is 0 Å². The molecule has 0 aliphatic carbocycles. The van der Waals surface area contributed by atoms with Crippen LogP contribution in [0.2, 0.25) is 0 Å². The van der Waals surface area contributed by atoms with Gasteiger partial charge in [0.05, 0.1) is 11.8 Å². The lowest BCUT2D eigenvalue weighted by Crippen LogP contribution is -2.47. The van der Waals surface area contributed by atoms with Crippen molar-refractivity contribution in [3.8, 4) is 11.3 Å². The zero-order chi connectivity index (χ0) is 15.5. The lowest BCUT2D eigenvalue weighted by molar-refractivity contribution is 0.0464. The molecule has 2 heterocycles. The summed E-state index contributed by atoms with van der Waals surface area (Å²) >= 11 is 1.27. The third kappa shape index (κ3) is 3.28. The molecular weight excluding hydrogens is 298 g/mol. The number of aromatic nitrogens is 1. The maximum Gasteiger partial charge on any atom is 0.322 e. The number of piperidine rings is 1. The first-order valence-electron chi connectivity index (χ1n) is 7.39. The molecule has 2 unspecified atom stereocenters. The minimum absolute atomic E-state index is 0.172. The van der Waals surface area contributed by atoms with E-state index in [1.54, 1.807) is 4.90 Å². The van der Waals surface area contributed by atoms with E-state index in [1.165, 1.54) is 11.5 Å². The highest BCUT2D eigenvalue weighted by Crippen LogP contribution is 2.26. The number of carbonyl (C=O) groups excluding carboxylic acids is 1. The zero-order valence-electron chi connectivity index (χ0n) is 12.4. The third-order valence-electron chi connectivity index (χ3n) is 4.02. The molecule has 0 spiro atoms. The van der Waals surface area contributed by atoms with Gasteiger partial charge in [0, 0.05) is 24.7 Å². The summed E-state index contributed by atoms with van der Waals surface area (Å²) in [6, 6.07) is 11.6. The summed E-state index contributed by atoms with van der Waals surface area (Å²) in [4.78, 5) is 13.9. The Morgan fingerprint density at radius 3 is 2.91 bits per heavy atom. The average molecular weight is 317 g/mol. The Labute approximate surface area is 133 Å². The van der Waals surface area contributed by atoms with Gasteiger partial charge in [-0.05, 0) is 23.9 Å². The van der Waals surface area contributed by atoms with Gasteiger partial charge in [-0.15, -0.1) is 0 Å². The van der Waals surface area contributed by atoms with Crippen LogP contribution in [0.25, 0.3) is 11.3 Å². The quantitative estimate of drug-likeness (QED) is 0.895. The van der Waals surface area contributed by atoms with Crippen LogP contribution in [0, 0.1) is 5.92 Å². The molecule has 2 N–H and O–H groups in total. The number of carbonyl (C=O) groups is 1. The largest absolute Gasteiger partial charge is 0.391 e. The van der Waals surface area contributed by atoms with Gasteiger partial charge in [-0.2, -0.15) is 4.37 Å². The fourth-order valence-electron chi connectivity index (χ4n) is 2.50. The van der Waals surface area contributed by atoms with E-state index in [4.69, 9.17) is 0 Å². The van der Waals surface area contributed by atoms with E-state index in [0.717, 1.165) is 22.7 Å². The Kier molecular flexibility index (Phi) is 4.40. The van der Waals surface area contributed by atoms with E-state index in [-0.39, 0.29) is 11.9 Å². The lowest BCUT2D eigenvalue weighted by Gasteiger charge is -2.34. The van der Waals surface area contributed by atoms with Gasteiger partial charge in [-0.1, -0.05) is 37.3 Å². The van der Waals surface area contributed by atoms with Crippen LogP contribution < -0.4 is 5.32 Å². The zero-order valence-corrected chi connectivity index (χ0v) is 13.2. The molecule has 2 amide bonds. The summed E-state index contributed by atoms with van der Waals surface area (Å²) in [7, 11) is 0. The molecule has 1 aliphatic rings. The molecular formula is C16H19N3O2S. The molecule has 2 atom stereocenters. The number of aliphatic hydroxyl groups excluding tert-OH is 1. The number of anilines is 1. The van der Waals surface area contributed by atoms with Crippen molar-refractivity contribution in [2.24, 2.45) is 5.92 Å². The summed E-state index contributed by atoms with van der Waals surface area (Å²) in [6.07, 6.45) is 0.382. The molecule has 2 aromatic rings. The predicted molar refractivity (Wildman–Crippen MR) is 87.9 cm³/mol. The first kappa shape index (κ1) is 15.0. The number of rotatable bonds is 2. The molecule has 5 nitrogen and oxygen atoms in total. The number of urea groups is 1. The van der Waals surface area contributed by atoms with Crippen LogP contribution in [0.4, 0.5) is 9.80 Å². The van der Waals surface area contributed by atoms with Gasteiger partial charge >= 0.3 is 6.03 Å². The first-order valence-corrected chi connectivity index (χ1v) is 8.17. The number of benzene rings is 1. The standard InChI is InChI=1S/C16H19N3O2S/c1-11-7-8-19(10-14(11)20)16(21)17-15-9-13(18-22-15)12-5-3-2-4-6-12/h2-6,9,11,14,20H,7-8,10H2,1H3,(H,17,21). The van der Waals surface area contributed by atoms with Gasteiger partial charge in [0.25, 0.3) is 0 Å². The summed E-state index contributed by atoms with van der Waals surface area (Å²) in [5.41, 5.74) is 1.88. The van der Waals surface area contributed by atoms with Crippen molar-refractivity contribution in [3.05, 3.63) is 36.4 Å². The number of hydrogen-bond acceptors (Lipinski definition) is 4. The minimum Gasteiger partial charge on any atom is -0.391 e. The van der Waals surface area contributed by atoms with E-state index in [2.05, 4.69) is 9.69 Å². The Morgan fingerprint density at radius 1 is 1.41 bits per heavy atom. The Balaban J connectivity index is 1.64. The highest BCUT2D eigenvalue weighted by molar-refractivity contribution is 7.10. The average Bonchev–Trinajstić information content (AvgIpc) is 2.99. The van der Waals surface area contributed by atoms with Gasteiger partial charge in [-0.25, -0.2) is 4.79 Å². The van der Waals surface area contributed by atoms with Crippen LogP contribution in [-0.2, 0) is 0 Å². The normalized spacial score (nSPS) is 21.6. The Morgan fingerprint density at radius 2 is 2.18 bits per heavy atom. The van der Waals surface area contributed by atoms with Crippen LogP contribution in [0.15, 0.2) is 36.4 Å². The minimum atomic E-state index is -0.444. The van der Waals surface area contributed by atoms with Gasteiger partial charge in [-0.3, -0.25) is 5.32 Å². The Hall–Kier alpha value is -1.92. The number of likely N-dealkylation sites (tertiary alicyclic amines) is 1. The second-order valence-electron chi connectivity index (χ2n) is 5.65. The molecule has 1 aliphatic heterocycles. The number of nitrogens with zero attached hydrogens (tertiary/aromatic N) is 2. The number of aliphatic hydroxyl groups is 1. The Bertz CT molecular complexity index is 644. The second-order valence-corrected chi connectivity index (χ2v) is 6.46. The fraction of sp³-hybridized carbons (Fsp3) is 0.375. The maximum absolute atomic E-state index is 12.2. The SMILES string of the molecule is CC1CCN(C(=O)Nc2cc(-c3ccccc3)ns2)CC1O. The number of hydrogen-bond donors (Lipinski definition) is 2. The van der Waals surface area contributed by atoms with Crippen molar-refractivity contribution < 1.29 is 9.90 Å². The molecule has 0 bridgehead atoms. The van der Waals surface area contributed by atoms with E-state index < -0.39 is 6.10 Å². The van der Waals surface area contributed by atoms with Gasteiger partial charge in [0.1, 0.15) is 5.00 Å². The fourth-order valence-corrected chi connectivity index (χ4v) is 3.15. The highest BCUT2D eigenvalue weighted by atomic mass is 32.1. The molecule has 0 radical (unpaired) electrons. The van der Waals surface area contributed by atoms with Crippen LogP contribution in [-0.4, -0.2) is 39.6 Å². The van der Waals surface area contributed by atoms with Crippen LogP contribution in [0.1, 0.15) is 13.3 Å². The summed E-state index contributed by atoms with van der Waals surface area (Å²) in [5, 5.41) is 13.5.